The van der Waals surface area contributed by atoms with Crippen LogP contribution in [0.2, 0.25) is 0 Å². The van der Waals surface area contributed by atoms with Crippen molar-refractivity contribution in [1.29, 1.82) is 0 Å². The van der Waals surface area contributed by atoms with E-state index in [1.807, 2.05) is 11.8 Å². The maximum atomic E-state index is 12.1. The van der Waals surface area contributed by atoms with Gasteiger partial charge >= 0.3 is 0 Å². The predicted molar refractivity (Wildman–Crippen MR) is 79.5 cm³/mol. The van der Waals surface area contributed by atoms with E-state index in [0.29, 0.717) is 25.9 Å². The second kappa shape index (κ2) is 7.24. The number of aryl methyl sites for hydroxylation is 1. The van der Waals surface area contributed by atoms with Crippen molar-refractivity contribution in [2.75, 3.05) is 20.1 Å². The van der Waals surface area contributed by atoms with Crippen molar-refractivity contribution >= 4 is 11.8 Å². The maximum Gasteiger partial charge on any atom is 0.222 e. The molecule has 2 rings (SSSR count). The van der Waals surface area contributed by atoms with Crippen LogP contribution in [0.15, 0.2) is 6.20 Å². The lowest BCUT2D eigenvalue weighted by molar-refractivity contribution is -0.134. The summed E-state index contributed by atoms with van der Waals surface area (Å²) in [7, 11) is 1.81. The van der Waals surface area contributed by atoms with Crippen molar-refractivity contribution < 1.29 is 9.59 Å². The number of nitrogens with one attached hydrogen (secondary N) is 1. The second-order valence-corrected chi connectivity index (χ2v) is 5.71. The summed E-state index contributed by atoms with van der Waals surface area (Å²) in [5, 5.41) is 6.83. The highest BCUT2D eigenvalue weighted by atomic mass is 16.2. The number of piperidine rings is 1. The largest absolute Gasteiger partial charge is 0.343 e. The average Bonchev–Trinajstić information content (AvgIpc) is 2.86. The Hall–Kier alpha value is -1.85. The zero-order valence-corrected chi connectivity index (χ0v) is 12.9. The molecule has 1 fully saturated rings. The minimum atomic E-state index is 0.111. The molecule has 0 atom stereocenters. The fraction of sp³-hybridized carbons (Fsp3) is 0.667. The molecular formula is C15H24N4O2. The number of carbonyl (C=O) groups excluding carboxylic acids is 2. The first kappa shape index (κ1) is 15.5. The zero-order valence-electron chi connectivity index (χ0n) is 12.9. The lowest BCUT2D eigenvalue weighted by atomic mass is 10.1. The third-order valence-corrected chi connectivity index (χ3v) is 4.01. The van der Waals surface area contributed by atoms with Crippen LogP contribution in [-0.4, -0.2) is 51.9 Å². The Balaban J connectivity index is 1.71. The van der Waals surface area contributed by atoms with Gasteiger partial charge in [0.2, 0.25) is 11.8 Å². The van der Waals surface area contributed by atoms with Gasteiger partial charge in [-0.3, -0.25) is 14.7 Å². The normalized spacial score (nSPS) is 15.3. The highest BCUT2D eigenvalue weighted by Gasteiger charge is 2.18. The lowest BCUT2D eigenvalue weighted by Crippen LogP contribution is -2.36. The molecule has 0 saturated carbocycles. The molecule has 0 spiro atoms. The molecule has 0 aromatic carbocycles. The Morgan fingerprint density at radius 2 is 2.29 bits per heavy atom. The molecule has 1 aliphatic rings. The zero-order chi connectivity index (χ0) is 15.2. The average molecular weight is 292 g/mol. The molecule has 1 aromatic rings. The van der Waals surface area contributed by atoms with E-state index in [1.54, 1.807) is 18.1 Å². The Morgan fingerprint density at radius 1 is 1.48 bits per heavy atom. The first-order valence-electron chi connectivity index (χ1n) is 7.58. The summed E-state index contributed by atoms with van der Waals surface area (Å²) in [6, 6.07) is 0. The molecule has 1 aliphatic heterocycles. The molecule has 1 aromatic heterocycles. The molecule has 0 bridgehead atoms. The number of hydrogen-bond donors (Lipinski definition) is 1. The van der Waals surface area contributed by atoms with Crippen LogP contribution in [0.3, 0.4) is 0 Å². The van der Waals surface area contributed by atoms with Gasteiger partial charge in [0, 0.05) is 50.8 Å². The predicted octanol–water partition coefficient (Wildman–Crippen LogP) is 1.47. The number of aromatic amines is 1. The van der Waals surface area contributed by atoms with Crippen molar-refractivity contribution in [2.45, 2.75) is 45.6 Å². The number of amides is 2. The number of H-pyrrole nitrogens is 1. The van der Waals surface area contributed by atoms with Gasteiger partial charge in [-0.25, -0.2) is 0 Å². The minimum Gasteiger partial charge on any atom is -0.343 e. The molecule has 0 aliphatic carbocycles. The number of hydrogen-bond acceptors (Lipinski definition) is 3. The van der Waals surface area contributed by atoms with Crippen LogP contribution in [0.5, 0.6) is 0 Å². The number of nitrogens with zero attached hydrogens (tertiary/aromatic N) is 3. The Morgan fingerprint density at radius 3 is 2.95 bits per heavy atom. The summed E-state index contributed by atoms with van der Waals surface area (Å²) in [5.74, 6) is 0.344. The van der Waals surface area contributed by atoms with Crippen LogP contribution in [0.1, 0.15) is 43.4 Å². The smallest absolute Gasteiger partial charge is 0.222 e. The van der Waals surface area contributed by atoms with Crippen LogP contribution in [0.25, 0.3) is 0 Å². The highest BCUT2D eigenvalue weighted by molar-refractivity contribution is 5.77. The standard InChI is InChI=1S/C15H24N4O2/c1-12-13(10-16-17-12)11-18(2)14(20)7-5-9-19-8-4-3-6-15(19)21/h10H,3-9,11H2,1-2H3,(H,16,17). The van der Waals surface area contributed by atoms with E-state index in [4.69, 9.17) is 0 Å². The number of aromatic nitrogens is 2. The van der Waals surface area contributed by atoms with Gasteiger partial charge in [0.05, 0.1) is 6.20 Å². The van der Waals surface area contributed by atoms with Gasteiger partial charge in [-0.05, 0) is 26.2 Å². The van der Waals surface area contributed by atoms with Crippen LogP contribution in [0.4, 0.5) is 0 Å². The summed E-state index contributed by atoms with van der Waals surface area (Å²) in [5.41, 5.74) is 2.03. The summed E-state index contributed by atoms with van der Waals surface area (Å²) in [4.78, 5) is 27.4. The number of likely N-dealkylation sites (tertiary alicyclic amines) is 1. The summed E-state index contributed by atoms with van der Waals surface area (Å²) >= 11 is 0. The van der Waals surface area contributed by atoms with E-state index in [2.05, 4.69) is 10.2 Å². The minimum absolute atomic E-state index is 0.111. The van der Waals surface area contributed by atoms with Crippen molar-refractivity contribution in [3.8, 4) is 0 Å². The number of rotatable bonds is 6. The highest BCUT2D eigenvalue weighted by Crippen LogP contribution is 2.12. The number of carbonyl (C=O) groups is 2. The maximum absolute atomic E-state index is 12.1. The molecular weight excluding hydrogens is 268 g/mol. The van der Waals surface area contributed by atoms with E-state index >= 15 is 0 Å². The van der Waals surface area contributed by atoms with Crippen molar-refractivity contribution in [3.05, 3.63) is 17.5 Å². The van der Waals surface area contributed by atoms with E-state index in [-0.39, 0.29) is 11.8 Å². The molecule has 0 radical (unpaired) electrons. The molecule has 2 heterocycles. The summed E-state index contributed by atoms with van der Waals surface area (Å²) in [6.07, 6.45) is 5.72. The van der Waals surface area contributed by atoms with E-state index in [9.17, 15) is 9.59 Å². The lowest BCUT2D eigenvalue weighted by Gasteiger charge is -2.26. The molecule has 21 heavy (non-hydrogen) atoms. The monoisotopic (exact) mass is 292 g/mol. The van der Waals surface area contributed by atoms with Crippen LogP contribution in [0, 0.1) is 6.92 Å². The van der Waals surface area contributed by atoms with E-state index in [0.717, 1.165) is 37.1 Å². The fourth-order valence-electron chi connectivity index (χ4n) is 2.59. The Bertz CT molecular complexity index is 498. The molecule has 6 nitrogen and oxygen atoms in total. The topological polar surface area (TPSA) is 69.3 Å². The van der Waals surface area contributed by atoms with Crippen molar-refractivity contribution in [1.82, 2.24) is 20.0 Å². The molecule has 0 unspecified atom stereocenters. The van der Waals surface area contributed by atoms with Gasteiger partial charge < -0.3 is 9.80 Å². The van der Waals surface area contributed by atoms with Gasteiger partial charge in [-0.2, -0.15) is 5.10 Å². The third kappa shape index (κ3) is 4.31. The summed E-state index contributed by atoms with van der Waals surface area (Å²) < 4.78 is 0. The van der Waals surface area contributed by atoms with Crippen LogP contribution >= 0.6 is 0 Å². The first-order valence-corrected chi connectivity index (χ1v) is 7.58. The van der Waals surface area contributed by atoms with Crippen LogP contribution < -0.4 is 0 Å². The van der Waals surface area contributed by atoms with Gasteiger partial charge in [0.15, 0.2) is 0 Å². The Kier molecular flexibility index (Phi) is 5.36. The van der Waals surface area contributed by atoms with Crippen molar-refractivity contribution in [2.24, 2.45) is 0 Å². The second-order valence-electron chi connectivity index (χ2n) is 5.71. The molecule has 2 amide bonds. The van der Waals surface area contributed by atoms with E-state index < -0.39 is 0 Å². The summed E-state index contributed by atoms with van der Waals surface area (Å²) in [6.45, 7) is 4.06. The van der Waals surface area contributed by atoms with Crippen molar-refractivity contribution in [3.63, 3.8) is 0 Å². The fourth-order valence-corrected chi connectivity index (χ4v) is 2.59. The molecule has 1 saturated heterocycles. The van der Waals surface area contributed by atoms with E-state index in [1.165, 1.54) is 0 Å². The van der Waals surface area contributed by atoms with Crippen LogP contribution in [-0.2, 0) is 16.1 Å². The van der Waals surface area contributed by atoms with Gasteiger partial charge in [-0.15, -0.1) is 0 Å². The van der Waals surface area contributed by atoms with Gasteiger partial charge in [0.25, 0.3) is 0 Å². The van der Waals surface area contributed by atoms with Gasteiger partial charge in [-0.1, -0.05) is 0 Å². The van der Waals surface area contributed by atoms with Gasteiger partial charge in [0.1, 0.15) is 0 Å². The Labute approximate surface area is 125 Å². The third-order valence-electron chi connectivity index (χ3n) is 4.01. The molecule has 1 N–H and O–H groups in total. The first-order chi connectivity index (χ1) is 10.1. The molecule has 6 heteroatoms. The molecule has 116 valence electrons. The SMILES string of the molecule is Cc1[nH]ncc1CN(C)C(=O)CCCN1CCCCC1=O. The quantitative estimate of drug-likeness (QED) is 0.863.